The van der Waals surface area contributed by atoms with Gasteiger partial charge in [0.15, 0.2) is 0 Å². The molecule has 2 unspecified atom stereocenters. The molecule has 3 N–H and O–H groups in total. The molecule has 0 heterocycles. The quantitative estimate of drug-likeness (QED) is 0.752. The zero-order chi connectivity index (χ0) is 14.4. The largest absolute Gasteiger partial charge is 0.389 e. The molecule has 0 saturated heterocycles. The van der Waals surface area contributed by atoms with Crippen molar-refractivity contribution in [3.05, 3.63) is 71.3 Å². The molecular weight excluding hydrogens is 250 g/mol. The van der Waals surface area contributed by atoms with Gasteiger partial charge < -0.3 is 15.5 Å². The van der Waals surface area contributed by atoms with Crippen molar-refractivity contribution in [2.75, 3.05) is 13.6 Å². The molecule has 0 amide bonds. The summed E-state index contributed by atoms with van der Waals surface area (Å²) in [6, 6.07) is 18.0. The van der Waals surface area contributed by atoms with E-state index >= 15 is 0 Å². The Hall–Kier alpha value is -1.68. The third-order valence-electron chi connectivity index (χ3n) is 3.35. The number of likely N-dealkylation sites (N-methyl/N-ethyl adjacent to an activating group) is 1. The van der Waals surface area contributed by atoms with Crippen LogP contribution in [0.2, 0.25) is 0 Å². The van der Waals surface area contributed by atoms with Crippen LogP contribution in [0.3, 0.4) is 0 Å². The lowest BCUT2D eigenvalue weighted by molar-refractivity contribution is 0.0202. The highest BCUT2D eigenvalue weighted by Crippen LogP contribution is 2.18. The minimum atomic E-state index is -0.853. The van der Waals surface area contributed by atoms with Crippen LogP contribution >= 0.6 is 0 Å². The normalized spacial score (nSPS) is 13.9. The minimum Gasteiger partial charge on any atom is -0.389 e. The van der Waals surface area contributed by atoms with Crippen molar-refractivity contribution in [2.24, 2.45) is 0 Å². The number of aliphatic hydroxyl groups excluding tert-OH is 2. The van der Waals surface area contributed by atoms with E-state index in [0.717, 1.165) is 12.0 Å². The van der Waals surface area contributed by atoms with Gasteiger partial charge >= 0.3 is 0 Å². The maximum absolute atomic E-state index is 10.0. The first-order valence-electron chi connectivity index (χ1n) is 6.84. The second-order valence-electron chi connectivity index (χ2n) is 4.97. The fourth-order valence-electron chi connectivity index (χ4n) is 2.21. The lowest BCUT2D eigenvalue weighted by Crippen LogP contribution is -2.29. The lowest BCUT2D eigenvalue weighted by Gasteiger charge is -2.18. The summed E-state index contributed by atoms with van der Waals surface area (Å²) >= 11 is 0. The van der Waals surface area contributed by atoms with Gasteiger partial charge in [-0.15, -0.1) is 0 Å². The molecule has 0 fully saturated rings. The molecule has 0 spiro atoms. The Labute approximate surface area is 119 Å². The maximum atomic E-state index is 10.0. The van der Waals surface area contributed by atoms with Crippen LogP contribution in [0.1, 0.15) is 22.8 Å². The lowest BCUT2D eigenvalue weighted by atomic mass is 9.99. The predicted molar refractivity (Wildman–Crippen MR) is 80.6 cm³/mol. The van der Waals surface area contributed by atoms with Crippen LogP contribution < -0.4 is 5.32 Å². The molecule has 0 radical (unpaired) electrons. The van der Waals surface area contributed by atoms with Gasteiger partial charge in [-0.05, 0) is 30.2 Å². The Balaban J connectivity index is 2.03. The van der Waals surface area contributed by atoms with E-state index in [-0.39, 0.29) is 0 Å². The number of aliphatic hydroxyl groups is 2. The van der Waals surface area contributed by atoms with Crippen LogP contribution in [0, 0.1) is 0 Å². The highest BCUT2D eigenvalue weighted by atomic mass is 16.3. The van der Waals surface area contributed by atoms with E-state index in [2.05, 4.69) is 17.4 Å². The predicted octanol–water partition coefficient (Wildman–Crippen LogP) is 1.89. The van der Waals surface area contributed by atoms with Crippen LogP contribution in [0.4, 0.5) is 0 Å². The molecule has 106 valence electrons. The van der Waals surface area contributed by atoms with Gasteiger partial charge in [0.25, 0.3) is 0 Å². The second kappa shape index (κ2) is 7.20. The van der Waals surface area contributed by atoms with Crippen molar-refractivity contribution in [2.45, 2.75) is 18.6 Å². The first kappa shape index (κ1) is 14.7. The molecule has 2 aromatic rings. The van der Waals surface area contributed by atoms with Crippen molar-refractivity contribution >= 4 is 0 Å². The molecule has 2 aromatic carbocycles. The molecule has 0 aliphatic heterocycles. The van der Waals surface area contributed by atoms with Crippen molar-refractivity contribution in [3.8, 4) is 0 Å². The third-order valence-corrected chi connectivity index (χ3v) is 3.35. The molecule has 0 saturated carbocycles. The van der Waals surface area contributed by atoms with Gasteiger partial charge in [0, 0.05) is 6.54 Å². The summed E-state index contributed by atoms with van der Waals surface area (Å²) in [5.41, 5.74) is 3.19. The Morgan fingerprint density at radius 3 is 2.10 bits per heavy atom. The first-order valence-corrected chi connectivity index (χ1v) is 6.84. The topological polar surface area (TPSA) is 52.5 Å². The van der Waals surface area contributed by atoms with E-state index in [4.69, 9.17) is 0 Å². The number of rotatable bonds is 6. The summed E-state index contributed by atoms with van der Waals surface area (Å²) in [4.78, 5) is 0. The van der Waals surface area contributed by atoms with E-state index in [1.807, 2.05) is 42.5 Å². The van der Waals surface area contributed by atoms with Crippen molar-refractivity contribution in [1.82, 2.24) is 5.32 Å². The number of benzene rings is 2. The van der Waals surface area contributed by atoms with Crippen LogP contribution in [-0.4, -0.2) is 29.9 Å². The maximum Gasteiger partial charge on any atom is 0.106 e. The van der Waals surface area contributed by atoms with Crippen LogP contribution in [-0.2, 0) is 6.42 Å². The summed E-state index contributed by atoms with van der Waals surface area (Å²) in [7, 11) is 1.75. The van der Waals surface area contributed by atoms with Crippen LogP contribution in [0.5, 0.6) is 0 Å². The average molecular weight is 271 g/mol. The van der Waals surface area contributed by atoms with Crippen molar-refractivity contribution in [1.29, 1.82) is 0 Å². The van der Waals surface area contributed by atoms with E-state index in [0.29, 0.717) is 6.54 Å². The number of hydrogen-bond acceptors (Lipinski definition) is 3. The molecule has 2 atom stereocenters. The van der Waals surface area contributed by atoms with Gasteiger partial charge in [0.1, 0.15) is 6.10 Å². The summed E-state index contributed by atoms with van der Waals surface area (Å²) in [6.07, 6.45) is -0.774. The van der Waals surface area contributed by atoms with Gasteiger partial charge in [-0.3, -0.25) is 0 Å². The molecule has 20 heavy (non-hydrogen) atoms. The molecule has 0 aliphatic carbocycles. The van der Waals surface area contributed by atoms with Crippen LogP contribution in [0.15, 0.2) is 54.6 Å². The van der Waals surface area contributed by atoms with E-state index in [1.54, 1.807) is 7.05 Å². The summed E-state index contributed by atoms with van der Waals surface area (Å²) in [5, 5.41) is 22.6. The van der Waals surface area contributed by atoms with Gasteiger partial charge in [0.2, 0.25) is 0 Å². The van der Waals surface area contributed by atoms with Gasteiger partial charge in [-0.25, -0.2) is 0 Å². The number of nitrogens with one attached hydrogen (secondary N) is 1. The minimum absolute atomic E-state index is 0.368. The fraction of sp³-hybridized carbons (Fsp3) is 0.294. The molecule has 3 nitrogen and oxygen atoms in total. The summed E-state index contributed by atoms with van der Waals surface area (Å²) < 4.78 is 0. The Morgan fingerprint density at radius 2 is 1.50 bits per heavy atom. The molecule has 3 heteroatoms. The monoisotopic (exact) mass is 271 g/mol. The molecule has 0 bridgehead atoms. The third kappa shape index (κ3) is 3.90. The summed E-state index contributed by atoms with van der Waals surface area (Å²) in [6.45, 7) is 0.368. The zero-order valence-corrected chi connectivity index (χ0v) is 11.7. The van der Waals surface area contributed by atoms with E-state index in [1.165, 1.54) is 11.1 Å². The van der Waals surface area contributed by atoms with Crippen molar-refractivity contribution < 1.29 is 10.2 Å². The molecule has 0 aliphatic rings. The fourth-order valence-corrected chi connectivity index (χ4v) is 2.21. The summed E-state index contributed by atoms with van der Waals surface area (Å²) in [5.74, 6) is 0. The first-order chi connectivity index (χ1) is 9.70. The number of hydrogen-bond donors (Lipinski definition) is 3. The molecular formula is C17H21NO2. The zero-order valence-electron chi connectivity index (χ0n) is 11.7. The van der Waals surface area contributed by atoms with E-state index in [9.17, 15) is 10.2 Å². The highest BCUT2D eigenvalue weighted by Gasteiger charge is 2.17. The molecule has 0 aromatic heterocycles. The van der Waals surface area contributed by atoms with Crippen molar-refractivity contribution in [3.63, 3.8) is 0 Å². The smallest absolute Gasteiger partial charge is 0.106 e. The Bertz CT molecular complexity index is 510. The van der Waals surface area contributed by atoms with Gasteiger partial charge in [0.05, 0.1) is 6.10 Å². The van der Waals surface area contributed by atoms with E-state index < -0.39 is 12.2 Å². The highest BCUT2D eigenvalue weighted by molar-refractivity contribution is 5.29. The SMILES string of the molecule is CNCC(O)C(O)c1ccc(Cc2ccccc2)cc1. The van der Waals surface area contributed by atoms with Crippen LogP contribution in [0.25, 0.3) is 0 Å². The average Bonchev–Trinajstić information content (AvgIpc) is 2.48. The van der Waals surface area contributed by atoms with Gasteiger partial charge in [-0.1, -0.05) is 54.6 Å². The Kier molecular flexibility index (Phi) is 5.30. The standard InChI is InChI=1S/C17H21NO2/c1-18-12-16(19)17(20)15-9-7-14(8-10-15)11-13-5-3-2-4-6-13/h2-10,16-20H,11-12H2,1H3. The Morgan fingerprint density at radius 1 is 0.900 bits per heavy atom. The second-order valence-corrected chi connectivity index (χ2v) is 4.97. The molecule has 2 rings (SSSR count). The van der Waals surface area contributed by atoms with Gasteiger partial charge in [-0.2, -0.15) is 0 Å².